The first-order valence-corrected chi connectivity index (χ1v) is 5.66. The van der Waals surface area contributed by atoms with Crippen molar-refractivity contribution in [1.29, 1.82) is 0 Å². The second-order valence-electron chi connectivity index (χ2n) is 3.93. The lowest BCUT2D eigenvalue weighted by Gasteiger charge is -2.18. The van der Waals surface area contributed by atoms with E-state index in [1.165, 1.54) is 0 Å². The monoisotopic (exact) mass is 237 g/mol. The Balaban J connectivity index is 2.63. The van der Waals surface area contributed by atoms with Crippen LogP contribution in [0.3, 0.4) is 0 Å². The van der Waals surface area contributed by atoms with E-state index in [4.69, 9.17) is 0 Å². The molecule has 5 heteroatoms. The molecule has 0 aliphatic carbocycles. The van der Waals surface area contributed by atoms with Crippen molar-refractivity contribution < 1.29 is 9.90 Å². The first-order chi connectivity index (χ1) is 8.04. The van der Waals surface area contributed by atoms with Crippen LogP contribution in [0.2, 0.25) is 0 Å². The Labute approximate surface area is 101 Å². The van der Waals surface area contributed by atoms with Gasteiger partial charge < -0.3 is 15.3 Å². The molecular weight excluding hydrogens is 218 g/mol. The number of nitrogens with zero attached hydrogens (tertiary/aromatic N) is 2. The average Bonchev–Trinajstić information content (AvgIpc) is 2.29. The number of aliphatic hydroxyl groups excluding tert-OH is 1. The van der Waals surface area contributed by atoms with Crippen LogP contribution in [0.15, 0.2) is 18.3 Å². The molecule has 1 aromatic heterocycles. The number of pyridine rings is 1. The molecule has 1 aromatic rings. The van der Waals surface area contributed by atoms with E-state index in [-0.39, 0.29) is 5.91 Å². The summed E-state index contributed by atoms with van der Waals surface area (Å²) in [5.74, 6) is -0.0189. The predicted octanol–water partition coefficient (Wildman–Crippen LogP) is 0.707. The zero-order valence-corrected chi connectivity index (χ0v) is 10.5. The van der Waals surface area contributed by atoms with Crippen molar-refractivity contribution in [3.63, 3.8) is 0 Å². The number of aliphatic hydroxyl groups is 1. The molecule has 0 saturated heterocycles. The minimum atomic E-state index is -0.572. The molecule has 1 rings (SSSR count). The van der Waals surface area contributed by atoms with Crippen LogP contribution in [0.1, 0.15) is 25.6 Å². The number of carbonyl (C=O) groups is 1. The first kappa shape index (κ1) is 13.4. The van der Waals surface area contributed by atoms with Gasteiger partial charge in [-0.25, -0.2) is 0 Å². The van der Waals surface area contributed by atoms with Crippen molar-refractivity contribution in [3.8, 4) is 0 Å². The molecule has 0 bridgehead atoms. The number of nitrogens with one attached hydrogen (secondary N) is 1. The Morgan fingerprint density at radius 2 is 2.29 bits per heavy atom. The molecule has 1 heterocycles. The van der Waals surface area contributed by atoms with Gasteiger partial charge in [-0.15, -0.1) is 0 Å². The largest absolute Gasteiger partial charge is 0.387 e. The zero-order valence-electron chi connectivity index (χ0n) is 10.5. The van der Waals surface area contributed by atoms with Crippen LogP contribution in [0.4, 0.5) is 5.69 Å². The van der Waals surface area contributed by atoms with Crippen LogP contribution in [0.5, 0.6) is 0 Å². The fourth-order valence-corrected chi connectivity index (χ4v) is 1.43. The minimum Gasteiger partial charge on any atom is -0.387 e. The third-order valence-electron chi connectivity index (χ3n) is 2.39. The molecule has 0 aromatic carbocycles. The summed E-state index contributed by atoms with van der Waals surface area (Å²) in [7, 11) is 1.83. The standard InChI is InChI=1S/C12H19N3O2/c1-4-13-12(17)8-15(3)10-5-6-11(9(2)16)14-7-10/h5-7,9,16H,4,8H2,1-3H3,(H,13,17)/t9-/m1/s1. The number of anilines is 1. The SMILES string of the molecule is CCNC(=O)CN(C)c1ccc([C@@H](C)O)nc1. The van der Waals surface area contributed by atoms with E-state index in [1.54, 1.807) is 19.2 Å². The van der Waals surface area contributed by atoms with Crippen LogP contribution in [0, 0.1) is 0 Å². The maximum Gasteiger partial charge on any atom is 0.239 e. The maximum atomic E-state index is 11.4. The quantitative estimate of drug-likeness (QED) is 0.791. The van der Waals surface area contributed by atoms with E-state index in [0.717, 1.165) is 5.69 Å². The number of carbonyl (C=O) groups excluding carboxylic acids is 1. The summed E-state index contributed by atoms with van der Waals surface area (Å²) in [5.41, 5.74) is 1.47. The number of likely N-dealkylation sites (N-methyl/N-ethyl adjacent to an activating group) is 2. The molecule has 0 spiro atoms. The van der Waals surface area contributed by atoms with E-state index in [0.29, 0.717) is 18.8 Å². The summed E-state index contributed by atoms with van der Waals surface area (Å²) >= 11 is 0. The van der Waals surface area contributed by atoms with E-state index < -0.39 is 6.10 Å². The molecule has 0 aliphatic rings. The number of hydrogen-bond donors (Lipinski definition) is 2. The van der Waals surface area contributed by atoms with Crippen LogP contribution in [-0.4, -0.2) is 36.1 Å². The zero-order chi connectivity index (χ0) is 12.8. The Morgan fingerprint density at radius 1 is 1.59 bits per heavy atom. The highest BCUT2D eigenvalue weighted by atomic mass is 16.3. The van der Waals surface area contributed by atoms with Crippen LogP contribution in [0.25, 0.3) is 0 Å². The summed E-state index contributed by atoms with van der Waals surface area (Å²) in [6.07, 6.45) is 1.08. The highest BCUT2D eigenvalue weighted by Gasteiger charge is 2.08. The summed E-state index contributed by atoms with van der Waals surface area (Å²) in [5, 5.41) is 12.1. The number of hydrogen-bond acceptors (Lipinski definition) is 4. The van der Waals surface area contributed by atoms with Crippen LogP contribution < -0.4 is 10.2 Å². The average molecular weight is 237 g/mol. The lowest BCUT2D eigenvalue weighted by Crippen LogP contribution is -2.35. The molecule has 0 fully saturated rings. The second kappa shape index (κ2) is 6.20. The van der Waals surface area contributed by atoms with Gasteiger partial charge >= 0.3 is 0 Å². The number of amides is 1. The van der Waals surface area contributed by atoms with E-state index in [9.17, 15) is 9.90 Å². The summed E-state index contributed by atoms with van der Waals surface area (Å²) < 4.78 is 0. The Hall–Kier alpha value is -1.62. The van der Waals surface area contributed by atoms with Crippen LogP contribution >= 0.6 is 0 Å². The summed E-state index contributed by atoms with van der Waals surface area (Å²) in [4.78, 5) is 17.3. The maximum absolute atomic E-state index is 11.4. The van der Waals surface area contributed by atoms with Gasteiger partial charge in [0.2, 0.25) is 5.91 Å². The number of rotatable bonds is 5. The molecule has 2 N–H and O–H groups in total. The van der Waals surface area contributed by atoms with Gasteiger partial charge in [-0.2, -0.15) is 0 Å². The van der Waals surface area contributed by atoms with Crippen molar-refractivity contribution >= 4 is 11.6 Å². The molecule has 0 unspecified atom stereocenters. The minimum absolute atomic E-state index is 0.0189. The topological polar surface area (TPSA) is 65.5 Å². The molecule has 5 nitrogen and oxygen atoms in total. The molecule has 94 valence electrons. The molecule has 1 amide bonds. The molecule has 1 atom stereocenters. The third-order valence-corrected chi connectivity index (χ3v) is 2.39. The molecule has 0 radical (unpaired) electrons. The highest BCUT2D eigenvalue weighted by Crippen LogP contribution is 2.14. The van der Waals surface area contributed by atoms with E-state index >= 15 is 0 Å². The van der Waals surface area contributed by atoms with Crippen molar-refractivity contribution in [3.05, 3.63) is 24.0 Å². The molecular formula is C12H19N3O2. The highest BCUT2D eigenvalue weighted by molar-refractivity contribution is 5.81. The summed E-state index contributed by atoms with van der Waals surface area (Å²) in [6, 6.07) is 3.60. The van der Waals surface area contributed by atoms with Gasteiger partial charge in [0.15, 0.2) is 0 Å². The van der Waals surface area contributed by atoms with E-state index in [1.807, 2.05) is 24.9 Å². The van der Waals surface area contributed by atoms with E-state index in [2.05, 4.69) is 10.3 Å². The van der Waals surface area contributed by atoms with Crippen molar-refractivity contribution in [1.82, 2.24) is 10.3 Å². The Bertz CT molecular complexity index is 363. The van der Waals surface area contributed by atoms with Gasteiger partial charge in [-0.3, -0.25) is 9.78 Å². The van der Waals surface area contributed by atoms with Crippen LogP contribution in [-0.2, 0) is 4.79 Å². The second-order valence-corrected chi connectivity index (χ2v) is 3.93. The van der Waals surface area contributed by atoms with Crippen molar-refractivity contribution in [2.45, 2.75) is 20.0 Å². The van der Waals surface area contributed by atoms with Gasteiger partial charge in [-0.1, -0.05) is 0 Å². The van der Waals surface area contributed by atoms with Gasteiger partial charge in [-0.05, 0) is 26.0 Å². The fraction of sp³-hybridized carbons (Fsp3) is 0.500. The lowest BCUT2D eigenvalue weighted by atomic mass is 10.2. The fourth-order valence-electron chi connectivity index (χ4n) is 1.43. The predicted molar refractivity (Wildman–Crippen MR) is 66.8 cm³/mol. The normalized spacial score (nSPS) is 12.0. The Kier molecular flexibility index (Phi) is 4.90. The van der Waals surface area contributed by atoms with Gasteiger partial charge in [0, 0.05) is 13.6 Å². The van der Waals surface area contributed by atoms with Crippen molar-refractivity contribution in [2.24, 2.45) is 0 Å². The van der Waals surface area contributed by atoms with Gasteiger partial charge in [0.05, 0.1) is 30.2 Å². The smallest absolute Gasteiger partial charge is 0.239 e. The summed E-state index contributed by atoms with van der Waals surface area (Å²) in [6.45, 7) is 4.48. The molecule has 0 aliphatic heterocycles. The van der Waals surface area contributed by atoms with Crippen molar-refractivity contribution in [2.75, 3.05) is 25.0 Å². The molecule has 0 saturated carbocycles. The number of aromatic nitrogens is 1. The lowest BCUT2D eigenvalue weighted by molar-refractivity contribution is -0.119. The first-order valence-electron chi connectivity index (χ1n) is 5.66. The molecule has 17 heavy (non-hydrogen) atoms. The third kappa shape index (κ3) is 4.03. The Morgan fingerprint density at radius 3 is 2.76 bits per heavy atom. The van der Waals surface area contributed by atoms with Gasteiger partial charge in [0.1, 0.15) is 0 Å². The van der Waals surface area contributed by atoms with Gasteiger partial charge in [0.25, 0.3) is 0 Å².